The summed E-state index contributed by atoms with van der Waals surface area (Å²) in [7, 11) is 1.38. The highest BCUT2D eigenvalue weighted by Gasteiger charge is 2.39. The predicted octanol–water partition coefficient (Wildman–Crippen LogP) is 4.49. The standard InChI is InChI=1S/C26H31F3N4O4/c1-18-21(8-6-4-3-5-7-11-31-12-14-32(15-13-31)25(36)37-2)24(35)33(23(18)34)20-10-9-19(17-30)22(16-20)26(27,28)29/h9-10,16H,3-8,11-15H2,1-2H3. The van der Waals surface area contributed by atoms with E-state index < -0.39 is 29.1 Å². The molecule has 200 valence electrons. The number of alkyl halides is 3. The van der Waals surface area contributed by atoms with Gasteiger partial charge in [0.05, 0.1) is 30.0 Å². The summed E-state index contributed by atoms with van der Waals surface area (Å²) in [6.45, 7) is 5.42. The molecule has 2 heterocycles. The number of carbonyl (C=O) groups is 3. The van der Waals surface area contributed by atoms with E-state index in [0.29, 0.717) is 37.6 Å². The van der Waals surface area contributed by atoms with Crippen LogP contribution < -0.4 is 4.90 Å². The van der Waals surface area contributed by atoms with Crippen LogP contribution in [0.5, 0.6) is 0 Å². The number of hydrogen-bond acceptors (Lipinski definition) is 6. The van der Waals surface area contributed by atoms with Gasteiger partial charge in [-0.05, 0) is 50.9 Å². The number of nitrogens with zero attached hydrogens (tertiary/aromatic N) is 4. The van der Waals surface area contributed by atoms with Crippen molar-refractivity contribution in [2.75, 3.05) is 44.7 Å². The highest BCUT2D eigenvalue weighted by Crippen LogP contribution is 2.37. The number of ether oxygens (including phenoxy) is 1. The number of methoxy groups -OCH3 is 1. The van der Waals surface area contributed by atoms with Gasteiger partial charge >= 0.3 is 12.3 Å². The summed E-state index contributed by atoms with van der Waals surface area (Å²) < 4.78 is 44.8. The lowest BCUT2D eigenvalue weighted by Crippen LogP contribution is -2.48. The van der Waals surface area contributed by atoms with Crippen LogP contribution in [-0.2, 0) is 20.5 Å². The maximum Gasteiger partial charge on any atom is 0.417 e. The average molecular weight is 521 g/mol. The number of hydrogen-bond donors (Lipinski definition) is 0. The lowest BCUT2D eigenvalue weighted by atomic mass is 10.0. The minimum Gasteiger partial charge on any atom is -0.453 e. The molecule has 3 rings (SSSR count). The fraction of sp³-hybridized carbons (Fsp3) is 0.538. The monoisotopic (exact) mass is 520 g/mol. The van der Waals surface area contributed by atoms with Gasteiger partial charge in [-0.3, -0.25) is 14.5 Å². The van der Waals surface area contributed by atoms with Crippen LogP contribution >= 0.6 is 0 Å². The second kappa shape index (κ2) is 12.2. The molecule has 0 N–H and O–H groups in total. The second-order valence-electron chi connectivity index (χ2n) is 9.21. The van der Waals surface area contributed by atoms with Crippen LogP contribution in [0.3, 0.4) is 0 Å². The number of nitriles is 1. The molecule has 0 unspecified atom stereocenters. The Morgan fingerprint density at radius 1 is 1.03 bits per heavy atom. The number of unbranched alkanes of at least 4 members (excludes halogenated alkanes) is 4. The van der Waals surface area contributed by atoms with Crippen molar-refractivity contribution in [2.24, 2.45) is 0 Å². The highest BCUT2D eigenvalue weighted by atomic mass is 19.4. The van der Waals surface area contributed by atoms with E-state index in [2.05, 4.69) is 4.90 Å². The van der Waals surface area contributed by atoms with Crippen molar-refractivity contribution in [3.8, 4) is 6.07 Å². The van der Waals surface area contributed by atoms with E-state index in [1.54, 1.807) is 4.90 Å². The summed E-state index contributed by atoms with van der Waals surface area (Å²) in [5, 5.41) is 8.98. The van der Waals surface area contributed by atoms with Crippen LogP contribution in [0, 0.1) is 11.3 Å². The predicted molar refractivity (Wildman–Crippen MR) is 129 cm³/mol. The first-order chi connectivity index (χ1) is 17.6. The molecule has 0 atom stereocenters. The molecule has 0 aliphatic carbocycles. The van der Waals surface area contributed by atoms with Gasteiger partial charge in [0.25, 0.3) is 11.8 Å². The highest BCUT2D eigenvalue weighted by molar-refractivity contribution is 6.32. The van der Waals surface area contributed by atoms with E-state index in [1.807, 2.05) is 0 Å². The molecule has 0 aromatic heterocycles. The average Bonchev–Trinajstić information content (AvgIpc) is 3.09. The number of benzene rings is 1. The van der Waals surface area contributed by atoms with Gasteiger partial charge in [0.2, 0.25) is 0 Å². The van der Waals surface area contributed by atoms with Crippen LogP contribution in [0.2, 0.25) is 0 Å². The first kappa shape index (κ1) is 28.2. The van der Waals surface area contributed by atoms with Crippen molar-refractivity contribution in [1.29, 1.82) is 5.26 Å². The summed E-state index contributed by atoms with van der Waals surface area (Å²) in [5.74, 6) is -1.24. The van der Waals surface area contributed by atoms with Gasteiger partial charge in [-0.1, -0.05) is 19.3 Å². The molecule has 0 radical (unpaired) electrons. The fourth-order valence-electron chi connectivity index (χ4n) is 4.67. The summed E-state index contributed by atoms with van der Waals surface area (Å²) in [6, 6.07) is 4.34. The van der Waals surface area contributed by atoms with Gasteiger partial charge in [-0.2, -0.15) is 18.4 Å². The molecule has 0 spiro atoms. The third-order valence-electron chi connectivity index (χ3n) is 6.83. The summed E-state index contributed by atoms with van der Waals surface area (Å²) >= 11 is 0. The minimum atomic E-state index is -4.78. The van der Waals surface area contributed by atoms with Crippen LogP contribution in [0.25, 0.3) is 0 Å². The minimum absolute atomic E-state index is 0.192. The zero-order valence-corrected chi connectivity index (χ0v) is 21.1. The van der Waals surface area contributed by atoms with Crippen molar-refractivity contribution in [3.63, 3.8) is 0 Å². The molecular weight excluding hydrogens is 489 g/mol. The first-order valence-electron chi connectivity index (χ1n) is 12.3. The molecule has 8 nitrogen and oxygen atoms in total. The van der Waals surface area contributed by atoms with Gasteiger partial charge in [0.15, 0.2) is 0 Å². The van der Waals surface area contributed by atoms with Gasteiger partial charge in [0.1, 0.15) is 0 Å². The molecule has 2 aliphatic rings. The van der Waals surface area contributed by atoms with Crippen LogP contribution in [0.4, 0.5) is 23.7 Å². The molecule has 3 amide bonds. The number of carbonyl (C=O) groups excluding carboxylic acids is 3. The van der Waals surface area contributed by atoms with E-state index in [-0.39, 0.29) is 17.4 Å². The zero-order valence-electron chi connectivity index (χ0n) is 21.1. The third-order valence-corrected chi connectivity index (χ3v) is 6.83. The van der Waals surface area contributed by atoms with Crippen molar-refractivity contribution in [3.05, 3.63) is 40.5 Å². The fourth-order valence-corrected chi connectivity index (χ4v) is 4.67. The lowest BCUT2D eigenvalue weighted by molar-refractivity contribution is -0.138. The van der Waals surface area contributed by atoms with E-state index in [4.69, 9.17) is 10.00 Å². The normalized spacial score (nSPS) is 17.0. The Bertz CT molecular complexity index is 1100. The smallest absolute Gasteiger partial charge is 0.417 e. The van der Waals surface area contributed by atoms with Crippen molar-refractivity contribution < 1.29 is 32.3 Å². The molecule has 2 aliphatic heterocycles. The van der Waals surface area contributed by atoms with Crippen LogP contribution in [-0.4, -0.2) is 67.5 Å². The van der Waals surface area contributed by atoms with Crippen molar-refractivity contribution >= 4 is 23.6 Å². The van der Waals surface area contributed by atoms with Gasteiger partial charge in [-0.15, -0.1) is 0 Å². The number of piperazine rings is 1. The molecular formula is C26H31F3N4O4. The molecule has 1 aromatic carbocycles. The molecule has 0 bridgehead atoms. The molecule has 1 saturated heterocycles. The Kier molecular flexibility index (Phi) is 9.32. The maximum atomic E-state index is 13.3. The number of halogens is 3. The van der Waals surface area contributed by atoms with E-state index in [0.717, 1.165) is 56.3 Å². The van der Waals surface area contributed by atoms with Gasteiger partial charge in [-0.25, -0.2) is 9.69 Å². The Balaban J connectivity index is 1.44. The molecule has 37 heavy (non-hydrogen) atoms. The van der Waals surface area contributed by atoms with Crippen molar-refractivity contribution in [1.82, 2.24) is 9.80 Å². The Labute approximate surface area is 214 Å². The number of rotatable bonds is 9. The molecule has 1 aromatic rings. The Morgan fingerprint density at radius 2 is 1.68 bits per heavy atom. The number of amides is 3. The van der Waals surface area contributed by atoms with Crippen LogP contribution in [0.1, 0.15) is 56.6 Å². The zero-order chi connectivity index (χ0) is 27.2. The van der Waals surface area contributed by atoms with E-state index >= 15 is 0 Å². The van der Waals surface area contributed by atoms with Crippen LogP contribution in [0.15, 0.2) is 29.3 Å². The number of anilines is 1. The molecule has 11 heteroatoms. The summed E-state index contributed by atoms with van der Waals surface area (Å²) in [5.41, 5.74) is -1.36. The van der Waals surface area contributed by atoms with Gasteiger partial charge < -0.3 is 9.64 Å². The molecule has 0 saturated carbocycles. The lowest BCUT2D eigenvalue weighted by Gasteiger charge is -2.33. The van der Waals surface area contributed by atoms with E-state index in [1.165, 1.54) is 26.2 Å². The van der Waals surface area contributed by atoms with E-state index in [9.17, 15) is 27.6 Å². The van der Waals surface area contributed by atoms with Gasteiger partial charge in [0, 0.05) is 37.3 Å². The summed E-state index contributed by atoms with van der Waals surface area (Å²) in [6.07, 6.45) is -0.142. The maximum absolute atomic E-state index is 13.3. The number of imide groups is 1. The first-order valence-corrected chi connectivity index (χ1v) is 12.3. The Hall–Kier alpha value is -3.39. The third kappa shape index (κ3) is 6.68. The second-order valence-corrected chi connectivity index (χ2v) is 9.21. The van der Waals surface area contributed by atoms with Crippen molar-refractivity contribution in [2.45, 2.75) is 51.6 Å². The quantitative estimate of drug-likeness (QED) is 0.352. The summed E-state index contributed by atoms with van der Waals surface area (Å²) in [4.78, 5) is 42.0. The molecule has 1 fully saturated rings. The largest absolute Gasteiger partial charge is 0.453 e. The topological polar surface area (TPSA) is 93.9 Å². The SMILES string of the molecule is COC(=O)N1CCN(CCCCCCCC2=C(C)C(=O)N(c3ccc(C#N)c(C(F)(F)F)c3)C2=O)CC1. The Morgan fingerprint density at radius 3 is 2.30 bits per heavy atom.